The van der Waals surface area contributed by atoms with E-state index in [-0.39, 0.29) is 18.0 Å². The first-order valence-electron chi connectivity index (χ1n) is 7.44. The Morgan fingerprint density at radius 2 is 2.12 bits per heavy atom. The van der Waals surface area contributed by atoms with Crippen LogP contribution in [0.1, 0.15) is 19.6 Å². The molecule has 124 valence electrons. The van der Waals surface area contributed by atoms with Gasteiger partial charge in [-0.3, -0.25) is 9.59 Å². The molecule has 3 rings (SSSR count). The lowest BCUT2D eigenvalue weighted by Crippen LogP contribution is -2.49. The van der Waals surface area contributed by atoms with Gasteiger partial charge in [-0.25, -0.2) is 4.68 Å². The number of amides is 1. The molecule has 3 aromatic rings. The summed E-state index contributed by atoms with van der Waals surface area (Å²) in [6.07, 6.45) is 1.54. The molecule has 0 atom stereocenters. The molecule has 0 spiro atoms. The molecule has 0 unspecified atom stereocenters. The highest BCUT2D eigenvalue weighted by molar-refractivity contribution is 7.13. The van der Waals surface area contributed by atoms with E-state index in [1.54, 1.807) is 38.3 Å². The third-order valence-electron chi connectivity index (χ3n) is 3.66. The number of carbonyl (C=O) groups is 1. The van der Waals surface area contributed by atoms with Gasteiger partial charge in [0.05, 0.1) is 17.7 Å². The van der Waals surface area contributed by atoms with E-state index >= 15 is 0 Å². The molecule has 1 N–H and O–H groups in total. The fourth-order valence-corrected chi connectivity index (χ4v) is 2.95. The van der Waals surface area contributed by atoms with Gasteiger partial charge < -0.3 is 9.73 Å². The van der Waals surface area contributed by atoms with Gasteiger partial charge in [0.25, 0.3) is 5.56 Å². The summed E-state index contributed by atoms with van der Waals surface area (Å²) in [7, 11) is 0. The molecule has 0 aromatic carbocycles. The first-order chi connectivity index (χ1) is 11.5. The summed E-state index contributed by atoms with van der Waals surface area (Å²) in [6.45, 7) is 3.59. The highest BCUT2D eigenvalue weighted by atomic mass is 32.1. The van der Waals surface area contributed by atoms with Crippen molar-refractivity contribution in [1.82, 2.24) is 15.1 Å². The van der Waals surface area contributed by atoms with Gasteiger partial charge in [-0.05, 0) is 43.5 Å². The molecule has 7 heteroatoms. The number of nitrogens with zero attached hydrogens (tertiary/aromatic N) is 2. The number of rotatable bonds is 5. The average Bonchev–Trinajstić information content (AvgIpc) is 3.26. The summed E-state index contributed by atoms with van der Waals surface area (Å²) in [5.41, 5.74) is -0.790. The number of hydrogen-bond acceptors (Lipinski definition) is 5. The second-order valence-corrected chi connectivity index (χ2v) is 6.71. The fourth-order valence-electron chi connectivity index (χ4n) is 2.26. The summed E-state index contributed by atoms with van der Waals surface area (Å²) >= 11 is 1.53. The van der Waals surface area contributed by atoms with Crippen LogP contribution in [0.3, 0.4) is 0 Å². The maximum Gasteiger partial charge on any atom is 0.267 e. The first kappa shape index (κ1) is 16.2. The zero-order chi connectivity index (χ0) is 17.2. The van der Waals surface area contributed by atoms with E-state index in [9.17, 15) is 9.59 Å². The van der Waals surface area contributed by atoms with E-state index < -0.39 is 5.54 Å². The van der Waals surface area contributed by atoms with Crippen molar-refractivity contribution in [2.45, 2.75) is 25.9 Å². The normalized spacial score (nSPS) is 11.4. The predicted molar refractivity (Wildman–Crippen MR) is 91.7 cm³/mol. The standard InChI is InChI=1S/C17H17N3O3S/c1-17(2,16(22)18-11-12-5-3-9-23-12)20-15(21)8-7-13(19-20)14-6-4-10-24-14/h3-10H,11H2,1-2H3,(H,18,22). The summed E-state index contributed by atoms with van der Waals surface area (Å²) in [4.78, 5) is 25.7. The molecule has 3 aromatic heterocycles. The van der Waals surface area contributed by atoms with Crippen molar-refractivity contribution in [2.75, 3.05) is 0 Å². The second kappa shape index (κ2) is 6.45. The molecule has 1 amide bonds. The van der Waals surface area contributed by atoms with Crippen LogP contribution < -0.4 is 10.9 Å². The summed E-state index contributed by atoms with van der Waals surface area (Å²) < 4.78 is 6.42. The molecular formula is C17H17N3O3S. The van der Waals surface area contributed by atoms with Crippen LogP contribution in [-0.4, -0.2) is 15.7 Å². The van der Waals surface area contributed by atoms with Crippen LogP contribution in [0.4, 0.5) is 0 Å². The van der Waals surface area contributed by atoms with Crippen LogP contribution in [0.25, 0.3) is 10.6 Å². The molecule has 0 bridgehead atoms. The van der Waals surface area contributed by atoms with Crippen LogP contribution in [0.5, 0.6) is 0 Å². The van der Waals surface area contributed by atoms with Gasteiger partial charge in [0.2, 0.25) is 5.91 Å². The van der Waals surface area contributed by atoms with E-state index in [2.05, 4.69) is 10.4 Å². The molecule has 24 heavy (non-hydrogen) atoms. The highest BCUT2D eigenvalue weighted by Gasteiger charge is 2.32. The number of nitrogens with one attached hydrogen (secondary N) is 1. The topological polar surface area (TPSA) is 77.1 Å². The average molecular weight is 343 g/mol. The minimum atomic E-state index is -1.13. The molecule has 0 aliphatic carbocycles. The van der Waals surface area contributed by atoms with Gasteiger partial charge >= 0.3 is 0 Å². The van der Waals surface area contributed by atoms with E-state index in [0.29, 0.717) is 11.5 Å². The minimum absolute atomic E-state index is 0.259. The van der Waals surface area contributed by atoms with Crippen LogP contribution in [0.15, 0.2) is 57.3 Å². The van der Waals surface area contributed by atoms with Gasteiger partial charge in [0.1, 0.15) is 17.0 Å². The zero-order valence-corrected chi connectivity index (χ0v) is 14.2. The Labute approximate surface area is 142 Å². The maximum absolute atomic E-state index is 12.6. The Morgan fingerprint density at radius 3 is 2.79 bits per heavy atom. The molecule has 0 aliphatic heterocycles. The quantitative estimate of drug-likeness (QED) is 0.772. The van der Waals surface area contributed by atoms with Crippen LogP contribution in [0.2, 0.25) is 0 Å². The van der Waals surface area contributed by atoms with Gasteiger partial charge in [0.15, 0.2) is 0 Å². The molecule has 0 radical (unpaired) electrons. The molecule has 3 heterocycles. The third kappa shape index (κ3) is 3.16. The SMILES string of the molecule is CC(C)(C(=O)NCc1ccco1)n1nc(-c2cccs2)ccc1=O. The number of aromatic nitrogens is 2. The minimum Gasteiger partial charge on any atom is -0.467 e. The van der Waals surface area contributed by atoms with Gasteiger partial charge in [-0.1, -0.05) is 6.07 Å². The number of thiophene rings is 1. The molecule has 0 fully saturated rings. The van der Waals surface area contributed by atoms with Gasteiger partial charge in [-0.15, -0.1) is 11.3 Å². The van der Waals surface area contributed by atoms with Crippen LogP contribution in [-0.2, 0) is 16.9 Å². The lowest BCUT2D eigenvalue weighted by atomic mass is 10.0. The van der Waals surface area contributed by atoms with Crippen molar-refractivity contribution >= 4 is 17.2 Å². The first-order valence-corrected chi connectivity index (χ1v) is 8.32. The molecule has 6 nitrogen and oxygen atoms in total. The van der Waals surface area contributed by atoms with E-state index in [1.807, 2.05) is 17.5 Å². The number of hydrogen-bond donors (Lipinski definition) is 1. The Balaban J connectivity index is 1.86. The Morgan fingerprint density at radius 1 is 1.29 bits per heavy atom. The van der Waals surface area contributed by atoms with Gasteiger partial charge in [-0.2, -0.15) is 5.10 Å². The van der Waals surface area contributed by atoms with Crippen molar-refractivity contribution in [3.05, 3.63) is 64.2 Å². The molecule has 0 saturated heterocycles. The maximum atomic E-state index is 12.6. The Kier molecular flexibility index (Phi) is 4.35. The smallest absolute Gasteiger partial charge is 0.267 e. The lowest BCUT2D eigenvalue weighted by molar-refractivity contribution is -0.129. The monoisotopic (exact) mass is 343 g/mol. The number of carbonyl (C=O) groups excluding carboxylic acids is 1. The van der Waals surface area contributed by atoms with E-state index in [0.717, 1.165) is 4.88 Å². The Bertz CT molecular complexity index is 880. The molecule has 0 saturated carbocycles. The van der Waals surface area contributed by atoms with E-state index in [1.165, 1.54) is 22.1 Å². The summed E-state index contributed by atoms with van der Waals surface area (Å²) in [5, 5.41) is 9.10. The second-order valence-electron chi connectivity index (χ2n) is 5.77. The van der Waals surface area contributed by atoms with Crippen molar-refractivity contribution in [3.63, 3.8) is 0 Å². The third-order valence-corrected chi connectivity index (χ3v) is 4.55. The van der Waals surface area contributed by atoms with Crippen molar-refractivity contribution in [3.8, 4) is 10.6 Å². The largest absolute Gasteiger partial charge is 0.467 e. The van der Waals surface area contributed by atoms with Gasteiger partial charge in [0, 0.05) is 6.07 Å². The van der Waals surface area contributed by atoms with Crippen molar-refractivity contribution in [1.29, 1.82) is 0 Å². The fraction of sp³-hybridized carbons (Fsp3) is 0.235. The lowest BCUT2D eigenvalue weighted by Gasteiger charge is -2.25. The highest BCUT2D eigenvalue weighted by Crippen LogP contribution is 2.22. The van der Waals surface area contributed by atoms with E-state index in [4.69, 9.17) is 4.42 Å². The zero-order valence-electron chi connectivity index (χ0n) is 13.4. The Hall–Kier alpha value is -2.67. The number of furan rings is 1. The molecular weight excluding hydrogens is 326 g/mol. The summed E-state index contributed by atoms with van der Waals surface area (Å²) in [6, 6.07) is 10.5. The van der Waals surface area contributed by atoms with Crippen LogP contribution >= 0.6 is 11.3 Å². The van der Waals surface area contributed by atoms with Crippen LogP contribution in [0, 0.1) is 0 Å². The molecule has 0 aliphatic rings. The predicted octanol–water partition coefficient (Wildman–Crippen LogP) is 2.62. The summed E-state index contributed by atoms with van der Waals surface area (Å²) in [5.74, 6) is 0.337. The van der Waals surface area contributed by atoms with Crippen molar-refractivity contribution < 1.29 is 9.21 Å². The van der Waals surface area contributed by atoms with Crippen molar-refractivity contribution in [2.24, 2.45) is 0 Å².